The van der Waals surface area contributed by atoms with Crippen molar-refractivity contribution in [2.75, 3.05) is 0 Å². The topological polar surface area (TPSA) is 26.0 Å². The molecule has 13 heavy (non-hydrogen) atoms. The van der Waals surface area contributed by atoms with E-state index in [0.29, 0.717) is 10.7 Å². The minimum Gasteiger partial charge on any atom is -0.342 e. The summed E-state index contributed by atoms with van der Waals surface area (Å²) >= 11 is 11.5. The Morgan fingerprint density at radius 3 is 2.31 bits per heavy atom. The molecule has 4 heteroatoms. The van der Waals surface area contributed by atoms with E-state index in [9.17, 15) is 0 Å². The number of aromatic nitrogens is 1. The molecule has 0 amide bonds. The summed E-state index contributed by atoms with van der Waals surface area (Å²) in [7, 11) is 0. The van der Waals surface area contributed by atoms with E-state index < -0.39 is 0 Å². The maximum absolute atomic E-state index is 5.86. The summed E-state index contributed by atoms with van der Waals surface area (Å²) in [6.45, 7) is 0. The molecule has 2 aromatic rings. The SMILES string of the molecule is Clc1onc(-c2ccccc2)c1Cl. The molecule has 0 aliphatic heterocycles. The Bertz CT molecular complexity index is 411. The Morgan fingerprint density at radius 1 is 1.08 bits per heavy atom. The highest BCUT2D eigenvalue weighted by molar-refractivity contribution is 6.42. The molecule has 0 spiro atoms. The highest BCUT2D eigenvalue weighted by atomic mass is 35.5. The molecule has 0 saturated heterocycles. The fourth-order valence-electron chi connectivity index (χ4n) is 1.03. The molecule has 0 aliphatic rings. The number of hydrogen-bond donors (Lipinski definition) is 0. The molecule has 1 heterocycles. The smallest absolute Gasteiger partial charge is 0.245 e. The summed E-state index contributed by atoms with van der Waals surface area (Å²) in [4.78, 5) is 0. The zero-order valence-corrected chi connectivity index (χ0v) is 8.01. The van der Waals surface area contributed by atoms with Crippen LogP contribution in [0, 0.1) is 0 Å². The van der Waals surface area contributed by atoms with Gasteiger partial charge >= 0.3 is 0 Å². The van der Waals surface area contributed by atoms with Gasteiger partial charge in [-0.1, -0.05) is 47.1 Å². The average Bonchev–Trinajstić information content (AvgIpc) is 2.49. The summed E-state index contributed by atoms with van der Waals surface area (Å²) < 4.78 is 4.73. The van der Waals surface area contributed by atoms with Gasteiger partial charge in [0.2, 0.25) is 5.22 Å². The second-order valence-corrected chi connectivity index (χ2v) is 3.21. The van der Waals surface area contributed by atoms with Gasteiger partial charge in [0.15, 0.2) is 0 Å². The average molecular weight is 214 g/mol. The first-order valence-electron chi connectivity index (χ1n) is 3.65. The lowest BCUT2D eigenvalue weighted by Gasteiger charge is -1.93. The Hall–Kier alpha value is -0.990. The Balaban J connectivity index is 2.53. The van der Waals surface area contributed by atoms with Gasteiger partial charge in [-0.15, -0.1) is 0 Å². The first kappa shape index (κ1) is 8.60. The van der Waals surface area contributed by atoms with Crippen LogP contribution in [0.15, 0.2) is 34.9 Å². The predicted octanol–water partition coefficient (Wildman–Crippen LogP) is 3.65. The summed E-state index contributed by atoms with van der Waals surface area (Å²) in [5.41, 5.74) is 1.47. The molecule has 0 fully saturated rings. The zero-order chi connectivity index (χ0) is 9.26. The maximum atomic E-state index is 5.86. The van der Waals surface area contributed by atoms with E-state index in [-0.39, 0.29) is 5.22 Å². The van der Waals surface area contributed by atoms with Gasteiger partial charge in [0.05, 0.1) is 0 Å². The van der Waals surface area contributed by atoms with Gasteiger partial charge in [-0.05, 0) is 11.6 Å². The predicted molar refractivity (Wildman–Crippen MR) is 52.0 cm³/mol. The Labute approximate surface area is 85.1 Å². The maximum Gasteiger partial charge on any atom is 0.245 e. The van der Waals surface area contributed by atoms with Crippen LogP contribution in [0.3, 0.4) is 0 Å². The van der Waals surface area contributed by atoms with E-state index >= 15 is 0 Å². The van der Waals surface area contributed by atoms with E-state index in [1.165, 1.54) is 0 Å². The Kier molecular flexibility index (Phi) is 2.25. The van der Waals surface area contributed by atoms with Gasteiger partial charge in [-0.2, -0.15) is 0 Å². The van der Waals surface area contributed by atoms with Crippen molar-refractivity contribution in [2.45, 2.75) is 0 Å². The largest absolute Gasteiger partial charge is 0.342 e. The second-order valence-electron chi connectivity index (χ2n) is 2.48. The quantitative estimate of drug-likeness (QED) is 0.723. The molecule has 0 bridgehead atoms. The van der Waals surface area contributed by atoms with Crippen LogP contribution in [-0.4, -0.2) is 5.16 Å². The van der Waals surface area contributed by atoms with Crippen LogP contribution in [0.1, 0.15) is 0 Å². The minimum atomic E-state index is 0.125. The van der Waals surface area contributed by atoms with Gasteiger partial charge in [0, 0.05) is 5.56 Å². The Morgan fingerprint density at radius 2 is 1.77 bits per heavy atom. The van der Waals surface area contributed by atoms with Crippen molar-refractivity contribution in [3.05, 3.63) is 40.6 Å². The highest BCUT2D eigenvalue weighted by Gasteiger charge is 2.12. The second kappa shape index (κ2) is 3.40. The van der Waals surface area contributed by atoms with E-state index in [1.807, 2.05) is 30.3 Å². The molecule has 2 rings (SSSR count). The van der Waals surface area contributed by atoms with Crippen LogP contribution in [-0.2, 0) is 0 Å². The van der Waals surface area contributed by atoms with E-state index in [1.54, 1.807) is 0 Å². The molecular weight excluding hydrogens is 209 g/mol. The molecule has 2 nitrogen and oxygen atoms in total. The standard InChI is InChI=1S/C9H5Cl2NO/c10-7-8(12-13-9(7)11)6-4-2-1-3-5-6/h1-5H. The first-order chi connectivity index (χ1) is 6.29. The summed E-state index contributed by atoms with van der Waals surface area (Å²) in [5, 5.41) is 4.23. The lowest BCUT2D eigenvalue weighted by atomic mass is 10.2. The van der Waals surface area contributed by atoms with E-state index in [4.69, 9.17) is 27.7 Å². The van der Waals surface area contributed by atoms with Crippen LogP contribution in [0.2, 0.25) is 10.2 Å². The number of halogens is 2. The third-order valence-electron chi connectivity index (χ3n) is 1.64. The van der Waals surface area contributed by atoms with Gasteiger partial charge in [0.1, 0.15) is 10.7 Å². The van der Waals surface area contributed by atoms with Crippen LogP contribution in [0.5, 0.6) is 0 Å². The zero-order valence-electron chi connectivity index (χ0n) is 6.50. The van der Waals surface area contributed by atoms with Gasteiger partial charge < -0.3 is 4.52 Å². The van der Waals surface area contributed by atoms with Crippen molar-refractivity contribution in [3.8, 4) is 11.3 Å². The van der Waals surface area contributed by atoms with Crippen LogP contribution in [0.4, 0.5) is 0 Å². The number of rotatable bonds is 1. The lowest BCUT2D eigenvalue weighted by Crippen LogP contribution is -1.75. The van der Waals surface area contributed by atoms with E-state index in [0.717, 1.165) is 5.56 Å². The number of hydrogen-bond acceptors (Lipinski definition) is 2. The van der Waals surface area contributed by atoms with E-state index in [2.05, 4.69) is 5.16 Å². The normalized spacial score (nSPS) is 10.3. The van der Waals surface area contributed by atoms with Crippen LogP contribution >= 0.6 is 23.2 Å². The molecule has 1 aromatic heterocycles. The molecule has 0 saturated carbocycles. The van der Waals surface area contributed by atoms with Gasteiger partial charge in [0.25, 0.3) is 0 Å². The van der Waals surface area contributed by atoms with Crippen molar-refractivity contribution in [1.82, 2.24) is 5.16 Å². The molecule has 0 unspecified atom stereocenters. The fraction of sp³-hybridized carbons (Fsp3) is 0. The highest BCUT2D eigenvalue weighted by Crippen LogP contribution is 2.32. The lowest BCUT2D eigenvalue weighted by molar-refractivity contribution is 0.424. The van der Waals surface area contributed by atoms with Gasteiger partial charge in [-0.3, -0.25) is 0 Å². The van der Waals surface area contributed by atoms with Crippen molar-refractivity contribution >= 4 is 23.2 Å². The third kappa shape index (κ3) is 1.55. The van der Waals surface area contributed by atoms with Gasteiger partial charge in [-0.25, -0.2) is 0 Å². The summed E-state index contributed by atoms with van der Waals surface area (Å²) in [6.07, 6.45) is 0. The molecule has 1 aromatic carbocycles. The summed E-state index contributed by atoms with van der Waals surface area (Å²) in [5.74, 6) is 0. The number of nitrogens with zero attached hydrogens (tertiary/aromatic N) is 1. The van der Waals surface area contributed by atoms with Crippen LogP contribution in [0.25, 0.3) is 11.3 Å². The monoisotopic (exact) mass is 213 g/mol. The van der Waals surface area contributed by atoms with Crippen molar-refractivity contribution in [2.24, 2.45) is 0 Å². The van der Waals surface area contributed by atoms with Crippen LogP contribution < -0.4 is 0 Å². The molecule has 66 valence electrons. The molecular formula is C9H5Cl2NO. The van der Waals surface area contributed by atoms with Crippen molar-refractivity contribution in [3.63, 3.8) is 0 Å². The van der Waals surface area contributed by atoms with Crippen molar-refractivity contribution < 1.29 is 4.52 Å². The first-order valence-corrected chi connectivity index (χ1v) is 4.40. The number of benzene rings is 1. The van der Waals surface area contributed by atoms with Crippen molar-refractivity contribution in [1.29, 1.82) is 0 Å². The molecule has 0 radical (unpaired) electrons. The summed E-state index contributed by atoms with van der Waals surface area (Å²) in [6, 6.07) is 9.49. The molecule has 0 aliphatic carbocycles. The molecule has 0 N–H and O–H groups in total. The fourth-order valence-corrected chi connectivity index (χ4v) is 1.34. The third-order valence-corrected chi connectivity index (χ3v) is 2.35. The molecule has 0 atom stereocenters. The minimum absolute atomic E-state index is 0.125.